The number of rotatable bonds is 7. The average Bonchev–Trinajstić information content (AvgIpc) is 2.87. The van der Waals surface area contributed by atoms with Gasteiger partial charge in [0.15, 0.2) is 0 Å². The summed E-state index contributed by atoms with van der Waals surface area (Å²) in [6.07, 6.45) is 8.49. The fraction of sp³-hybridized carbons (Fsp3) is 0.909. The topological polar surface area (TPSA) is 91.0 Å². The molecule has 0 unspecified atom stereocenters. The third kappa shape index (κ3) is 3.83. The lowest BCUT2D eigenvalue weighted by Crippen LogP contribution is -2.70. The van der Waals surface area contributed by atoms with Crippen molar-refractivity contribution in [1.82, 2.24) is 0 Å². The highest BCUT2D eigenvalue weighted by atomic mass is 16.5. The molecule has 2 bridgehead atoms. The Morgan fingerprint density at radius 3 is 2.46 bits per heavy atom. The van der Waals surface area contributed by atoms with Gasteiger partial charge in [0.2, 0.25) is 0 Å². The first kappa shape index (κ1) is 29.5. The van der Waals surface area contributed by atoms with Gasteiger partial charge in [-0.15, -0.1) is 0 Å². The van der Waals surface area contributed by atoms with E-state index in [1.54, 1.807) is 5.57 Å². The van der Waals surface area contributed by atoms with E-state index in [0.29, 0.717) is 43.4 Å². The molecule has 0 spiro atoms. The zero-order valence-electron chi connectivity index (χ0n) is 25.8. The number of methoxy groups -OCH3 is 1. The lowest BCUT2D eigenvalue weighted by atomic mass is 9.34. The number of allylic oxidation sites excluding steroid dienone is 1. The molecule has 4 aliphatic carbocycles. The largest absolute Gasteiger partial charge is 0.481 e. The lowest BCUT2D eigenvalue weighted by Gasteiger charge is -2.71. The Balaban J connectivity index is 1.59. The summed E-state index contributed by atoms with van der Waals surface area (Å²) in [5, 5.41) is 10.9. The molecule has 6 nitrogen and oxygen atoms in total. The smallest absolute Gasteiger partial charge is 0.307 e. The van der Waals surface area contributed by atoms with Crippen LogP contribution in [0, 0.1) is 56.7 Å². The molecule has 0 radical (unpaired) electrons. The molecular formula is C33H55NO5. The number of carboxylic acids is 1. The maximum absolute atomic E-state index is 13.2. The zero-order valence-corrected chi connectivity index (χ0v) is 25.8. The van der Waals surface area contributed by atoms with Gasteiger partial charge in [0.25, 0.3) is 0 Å². The first-order valence-corrected chi connectivity index (χ1v) is 15.6. The average molecular weight is 546 g/mol. The summed E-state index contributed by atoms with van der Waals surface area (Å²) in [6, 6.07) is 0. The van der Waals surface area contributed by atoms with Crippen LogP contribution in [0.5, 0.6) is 0 Å². The van der Waals surface area contributed by atoms with Crippen molar-refractivity contribution in [3.63, 3.8) is 0 Å². The number of aliphatic carboxylic acids is 1. The van der Waals surface area contributed by atoms with Gasteiger partial charge in [0.05, 0.1) is 37.9 Å². The summed E-state index contributed by atoms with van der Waals surface area (Å²) < 4.78 is 19.1. The molecule has 5 aliphatic rings. The minimum absolute atomic E-state index is 0.00391. The van der Waals surface area contributed by atoms with Crippen molar-refractivity contribution >= 4 is 5.97 Å². The molecule has 4 fully saturated rings. The van der Waals surface area contributed by atoms with Crippen LogP contribution < -0.4 is 5.73 Å². The Hall–Kier alpha value is -0.950. The van der Waals surface area contributed by atoms with E-state index in [0.717, 1.165) is 45.1 Å². The van der Waals surface area contributed by atoms with Crippen LogP contribution in [0.15, 0.2) is 11.6 Å². The summed E-state index contributed by atoms with van der Waals surface area (Å²) in [5.74, 6) is 0.667. The maximum Gasteiger partial charge on any atom is 0.307 e. The molecular weight excluding hydrogens is 490 g/mol. The highest BCUT2D eigenvalue weighted by molar-refractivity contribution is 5.73. The molecule has 222 valence electrons. The second-order valence-corrected chi connectivity index (χ2v) is 15.4. The van der Waals surface area contributed by atoms with Crippen LogP contribution in [-0.4, -0.2) is 56.8 Å². The van der Waals surface area contributed by atoms with E-state index < -0.39 is 5.97 Å². The Bertz CT molecular complexity index is 997. The number of carbonyl (C=O) groups is 1. The van der Waals surface area contributed by atoms with Gasteiger partial charge in [0, 0.05) is 24.5 Å². The van der Waals surface area contributed by atoms with E-state index in [9.17, 15) is 9.90 Å². The van der Waals surface area contributed by atoms with Crippen LogP contribution in [0.1, 0.15) is 87.0 Å². The van der Waals surface area contributed by atoms with Gasteiger partial charge in [-0.05, 0) is 78.4 Å². The highest BCUT2D eigenvalue weighted by Gasteiger charge is 2.71. The van der Waals surface area contributed by atoms with Crippen LogP contribution in [0.3, 0.4) is 0 Å². The minimum atomic E-state index is -0.604. The Morgan fingerprint density at radius 2 is 1.85 bits per heavy atom. The molecule has 0 aromatic heterocycles. The maximum atomic E-state index is 13.2. The van der Waals surface area contributed by atoms with Crippen molar-refractivity contribution in [3.8, 4) is 0 Å². The summed E-state index contributed by atoms with van der Waals surface area (Å²) in [7, 11) is 1.82. The number of fused-ring (bicyclic) bond motifs is 3. The van der Waals surface area contributed by atoms with Gasteiger partial charge < -0.3 is 25.1 Å². The summed E-state index contributed by atoms with van der Waals surface area (Å²) in [4.78, 5) is 13.2. The molecule has 0 aromatic carbocycles. The number of hydrogen-bond donors (Lipinski definition) is 2. The molecule has 6 heteroatoms. The summed E-state index contributed by atoms with van der Waals surface area (Å²) >= 11 is 0. The molecule has 3 saturated carbocycles. The van der Waals surface area contributed by atoms with Gasteiger partial charge in [-0.1, -0.05) is 60.1 Å². The molecule has 11 atom stereocenters. The van der Waals surface area contributed by atoms with Crippen LogP contribution in [0.25, 0.3) is 0 Å². The molecule has 1 aliphatic heterocycles. The minimum Gasteiger partial charge on any atom is -0.481 e. The second-order valence-electron chi connectivity index (χ2n) is 15.4. The SMILES string of the molecule is CO[C@@H]1C[C@@]23COC[C@@](C)([C@@H]2CC[C@H]2C3=CC[C@@]3(C)[C@H](C(=O)O)[C@@](C)([C@H](C)C(C)C)CC[C@]23C)[C@H]1OCCN. The number of hydrogen-bond acceptors (Lipinski definition) is 5. The van der Waals surface area contributed by atoms with Crippen molar-refractivity contribution in [2.75, 3.05) is 33.5 Å². The van der Waals surface area contributed by atoms with Gasteiger partial charge in [-0.25, -0.2) is 0 Å². The molecule has 3 N–H and O–H groups in total. The number of carboxylic acid groups (broad SMARTS) is 1. The van der Waals surface area contributed by atoms with E-state index in [-0.39, 0.29) is 45.2 Å². The van der Waals surface area contributed by atoms with Crippen molar-refractivity contribution < 1.29 is 24.1 Å². The molecule has 39 heavy (non-hydrogen) atoms. The zero-order chi connectivity index (χ0) is 28.6. The normalized spacial score (nSPS) is 49.9. The Morgan fingerprint density at radius 1 is 1.13 bits per heavy atom. The highest BCUT2D eigenvalue weighted by Crippen LogP contribution is 2.74. The number of nitrogens with two attached hydrogens (primary N) is 1. The van der Waals surface area contributed by atoms with Crippen LogP contribution in [0.4, 0.5) is 0 Å². The van der Waals surface area contributed by atoms with Gasteiger partial charge >= 0.3 is 5.97 Å². The predicted molar refractivity (Wildman–Crippen MR) is 153 cm³/mol. The second kappa shape index (κ2) is 9.81. The van der Waals surface area contributed by atoms with Crippen LogP contribution in [0.2, 0.25) is 0 Å². The van der Waals surface area contributed by atoms with Crippen molar-refractivity contribution in [2.24, 2.45) is 62.4 Å². The standard InChI is InChI=1S/C33H55NO5/c1-20(2)21(3)29(4)13-14-31(6)22-9-10-25-30(5)18-38-19-33(25,17-24(37-8)27(30)39-16-15-34)23(22)11-12-32(31,7)26(29)28(35)36/h11,20-22,24-27H,9-10,12-19,34H2,1-8H3,(H,35,36)/t21-,22+,24-,25+,26-,27+,29-,30+,31-,32+,33+/m1/s1. The van der Waals surface area contributed by atoms with E-state index in [4.69, 9.17) is 19.9 Å². The predicted octanol–water partition coefficient (Wildman–Crippen LogP) is 5.93. The Kier molecular flexibility index (Phi) is 7.43. The first-order valence-electron chi connectivity index (χ1n) is 15.6. The molecule has 1 heterocycles. The quantitative estimate of drug-likeness (QED) is 0.385. The Labute approximate surface area is 236 Å². The molecule has 5 rings (SSSR count). The fourth-order valence-corrected chi connectivity index (χ4v) is 11.3. The van der Waals surface area contributed by atoms with Crippen LogP contribution in [-0.2, 0) is 19.0 Å². The van der Waals surface area contributed by atoms with E-state index in [2.05, 4.69) is 54.5 Å². The van der Waals surface area contributed by atoms with Gasteiger partial charge in [0.1, 0.15) is 0 Å². The summed E-state index contributed by atoms with van der Waals surface area (Å²) in [6.45, 7) is 18.7. The summed E-state index contributed by atoms with van der Waals surface area (Å²) in [5.41, 5.74) is 6.60. The fourth-order valence-electron chi connectivity index (χ4n) is 11.3. The van der Waals surface area contributed by atoms with Crippen LogP contribution >= 0.6 is 0 Å². The van der Waals surface area contributed by atoms with Crippen molar-refractivity contribution in [1.29, 1.82) is 0 Å². The third-order valence-electron chi connectivity index (χ3n) is 13.8. The number of ether oxygens (including phenoxy) is 3. The van der Waals surface area contributed by atoms with Gasteiger partial charge in [-0.2, -0.15) is 0 Å². The molecule has 0 amide bonds. The first-order chi connectivity index (χ1) is 18.3. The monoisotopic (exact) mass is 545 g/mol. The van der Waals surface area contributed by atoms with Gasteiger partial charge in [-0.3, -0.25) is 4.79 Å². The molecule has 0 aromatic rings. The third-order valence-corrected chi connectivity index (χ3v) is 13.8. The van der Waals surface area contributed by atoms with Crippen molar-refractivity contribution in [2.45, 2.75) is 99.2 Å². The van der Waals surface area contributed by atoms with Crippen molar-refractivity contribution in [3.05, 3.63) is 11.6 Å². The van der Waals surface area contributed by atoms with E-state index in [1.807, 2.05) is 7.11 Å². The lowest BCUT2D eigenvalue weighted by molar-refractivity contribution is -0.266. The molecule has 1 saturated heterocycles. The van der Waals surface area contributed by atoms with E-state index in [1.165, 1.54) is 0 Å². The van der Waals surface area contributed by atoms with E-state index >= 15 is 0 Å².